The minimum Gasteiger partial charge on any atom is -0.453 e. The van der Waals surface area contributed by atoms with Crippen molar-refractivity contribution in [2.75, 3.05) is 12.4 Å². The Kier molecular flexibility index (Phi) is 4.75. The second-order valence-electron chi connectivity index (χ2n) is 3.96. The van der Waals surface area contributed by atoms with Crippen LogP contribution in [0.25, 0.3) is 0 Å². The van der Waals surface area contributed by atoms with Crippen LogP contribution in [0, 0.1) is 0 Å². The number of carbonyl (C=O) groups excluding carboxylic acids is 2. The lowest BCUT2D eigenvalue weighted by atomic mass is 10.2. The van der Waals surface area contributed by atoms with Gasteiger partial charge in [-0.3, -0.25) is 9.78 Å². The maximum absolute atomic E-state index is 12.1. The number of pyridine rings is 1. The van der Waals surface area contributed by atoms with Crippen molar-refractivity contribution in [2.45, 2.75) is 6.54 Å². The van der Waals surface area contributed by atoms with Gasteiger partial charge in [-0.05, 0) is 12.1 Å². The number of rotatable bonds is 4. The van der Waals surface area contributed by atoms with E-state index in [1.165, 1.54) is 32.0 Å². The first-order chi connectivity index (χ1) is 10.2. The van der Waals surface area contributed by atoms with Gasteiger partial charge in [0.1, 0.15) is 6.33 Å². The van der Waals surface area contributed by atoms with Gasteiger partial charge in [0, 0.05) is 11.8 Å². The molecule has 8 nitrogen and oxygen atoms in total. The minimum atomic E-state index is -0.562. The van der Waals surface area contributed by atoms with Gasteiger partial charge in [0.05, 0.1) is 37.4 Å². The van der Waals surface area contributed by atoms with Crippen LogP contribution < -0.4 is 10.6 Å². The summed E-state index contributed by atoms with van der Waals surface area (Å²) in [4.78, 5) is 34.7. The van der Waals surface area contributed by atoms with Crippen LogP contribution in [-0.4, -0.2) is 34.1 Å². The summed E-state index contributed by atoms with van der Waals surface area (Å²) in [5.41, 5.74) is 1.45. The van der Waals surface area contributed by atoms with E-state index in [9.17, 15) is 9.59 Å². The van der Waals surface area contributed by atoms with Crippen molar-refractivity contribution in [3.8, 4) is 0 Å². The van der Waals surface area contributed by atoms with Crippen LogP contribution in [0.3, 0.4) is 0 Å². The molecular formula is C13H13N5O3. The first kappa shape index (κ1) is 14.4. The quantitative estimate of drug-likeness (QED) is 0.868. The first-order valence-electron chi connectivity index (χ1n) is 6.02. The summed E-state index contributed by atoms with van der Waals surface area (Å²) < 4.78 is 4.46. The number of hydrogen-bond acceptors (Lipinski definition) is 6. The van der Waals surface area contributed by atoms with Crippen molar-refractivity contribution in [1.29, 1.82) is 0 Å². The summed E-state index contributed by atoms with van der Waals surface area (Å²) in [7, 11) is 1.27. The van der Waals surface area contributed by atoms with Crippen LogP contribution in [0.1, 0.15) is 16.1 Å². The zero-order chi connectivity index (χ0) is 15.1. The Labute approximate surface area is 120 Å². The van der Waals surface area contributed by atoms with Crippen molar-refractivity contribution < 1.29 is 14.3 Å². The van der Waals surface area contributed by atoms with Gasteiger partial charge in [-0.15, -0.1) is 0 Å². The van der Waals surface area contributed by atoms with E-state index in [4.69, 9.17) is 0 Å². The first-order valence-corrected chi connectivity index (χ1v) is 6.02. The number of ether oxygens (including phenoxy) is 1. The molecule has 0 fully saturated rings. The summed E-state index contributed by atoms with van der Waals surface area (Å²) in [5, 5.41) is 5.15. The molecule has 2 N–H and O–H groups in total. The average Bonchev–Trinajstić information content (AvgIpc) is 2.53. The number of alkyl carbamates (subject to hydrolysis) is 1. The second kappa shape index (κ2) is 6.94. The Bertz CT molecular complexity index is 633. The number of hydrogen-bond donors (Lipinski definition) is 2. The molecule has 0 atom stereocenters. The molecule has 0 aliphatic rings. The molecule has 2 heterocycles. The second-order valence-corrected chi connectivity index (χ2v) is 3.96. The predicted molar refractivity (Wildman–Crippen MR) is 73.5 cm³/mol. The largest absolute Gasteiger partial charge is 0.453 e. The zero-order valence-electron chi connectivity index (χ0n) is 11.2. The van der Waals surface area contributed by atoms with E-state index in [1.54, 1.807) is 12.1 Å². The lowest BCUT2D eigenvalue weighted by Crippen LogP contribution is -2.23. The van der Waals surface area contributed by atoms with E-state index in [0.717, 1.165) is 0 Å². The van der Waals surface area contributed by atoms with Gasteiger partial charge in [0.2, 0.25) is 0 Å². The number of anilines is 1. The standard InChI is InChI=1S/C13H13N5O3/c1-21-13(20)17-7-10-4-9(2-3-16-10)12(19)18-11-5-14-8-15-6-11/h2-6,8H,7H2,1H3,(H,17,20)(H,18,19). The third kappa shape index (κ3) is 4.23. The van der Waals surface area contributed by atoms with Gasteiger partial charge in [-0.25, -0.2) is 14.8 Å². The molecule has 108 valence electrons. The van der Waals surface area contributed by atoms with Gasteiger partial charge in [0.15, 0.2) is 0 Å². The summed E-state index contributed by atoms with van der Waals surface area (Å²) >= 11 is 0. The average molecular weight is 287 g/mol. The fourth-order valence-corrected chi connectivity index (χ4v) is 1.52. The molecule has 0 saturated heterocycles. The number of methoxy groups -OCH3 is 1. The molecule has 21 heavy (non-hydrogen) atoms. The van der Waals surface area contributed by atoms with Crippen LogP contribution in [0.4, 0.5) is 10.5 Å². The minimum absolute atomic E-state index is 0.169. The highest BCUT2D eigenvalue weighted by atomic mass is 16.5. The molecule has 0 aliphatic carbocycles. The van der Waals surface area contributed by atoms with E-state index < -0.39 is 6.09 Å². The maximum Gasteiger partial charge on any atom is 0.407 e. The van der Waals surface area contributed by atoms with Crippen LogP contribution in [-0.2, 0) is 11.3 Å². The molecule has 2 rings (SSSR count). The molecule has 0 radical (unpaired) electrons. The van der Waals surface area contributed by atoms with Crippen molar-refractivity contribution in [2.24, 2.45) is 0 Å². The number of nitrogens with zero attached hydrogens (tertiary/aromatic N) is 3. The molecule has 0 aromatic carbocycles. The van der Waals surface area contributed by atoms with Crippen molar-refractivity contribution in [3.05, 3.63) is 48.3 Å². The fourth-order valence-electron chi connectivity index (χ4n) is 1.52. The summed E-state index contributed by atoms with van der Waals surface area (Å²) in [6.07, 6.45) is 5.29. The normalized spacial score (nSPS) is 9.76. The molecular weight excluding hydrogens is 274 g/mol. The predicted octanol–water partition coefficient (Wildman–Crippen LogP) is 0.980. The van der Waals surface area contributed by atoms with Crippen molar-refractivity contribution >= 4 is 17.7 Å². The highest BCUT2D eigenvalue weighted by Gasteiger charge is 2.08. The SMILES string of the molecule is COC(=O)NCc1cc(C(=O)Nc2cncnc2)ccn1. The monoisotopic (exact) mass is 287 g/mol. The lowest BCUT2D eigenvalue weighted by Gasteiger charge is -2.06. The van der Waals surface area contributed by atoms with Crippen LogP contribution in [0.2, 0.25) is 0 Å². The van der Waals surface area contributed by atoms with Gasteiger partial charge in [-0.2, -0.15) is 0 Å². The van der Waals surface area contributed by atoms with Gasteiger partial charge >= 0.3 is 6.09 Å². The summed E-state index contributed by atoms with van der Waals surface area (Å²) in [5.74, 6) is -0.313. The van der Waals surface area contributed by atoms with Crippen LogP contribution in [0.5, 0.6) is 0 Å². The van der Waals surface area contributed by atoms with E-state index in [2.05, 4.69) is 30.3 Å². The number of nitrogens with one attached hydrogen (secondary N) is 2. The Balaban J connectivity index is 2.03. The summed E-state index contributed by atoms with van der Waals surface area (Å²) in [6.45, 7) is 0.169. The molecule has 2 amide bonds. The Morgan fingerprint density at radius 1 is 1.29 bits per heavy atom. The topological polar surface area (TPSA) is 106 Å². The number of carbonyl (C=O) groups is 2. The van der Waals surface area contributed by atoms with E-state index in [0.29, 0.717) is 16.9 Å². The van der Waals surface area contributed by atoms with E-state index in [-0.39, 0.29) is 12.5 Å². The highest BCUT2D eigenvalue weighted by Crippen LogP contribution is 2.07. The number of amides is 2. The molecule has 0 aliphatic heterocycles. The fraction of sp³-hybridized carbons (Fsp3) is 0.154. The Hall–Kier alpha value is -3.03. The molecule has 0 spiro atoms. The zero-order valence-corrected chi connectivity index (χ0v) is 11.2. The Morgan fingerprint density at radius 3 is 2.76 bits per heavy atom. The van der Waals surface area contributed by atoms with E-state index >= 15 is 0 Å². The molecule has 2 aromatic heterocycles. The summed E-state index contributed by atoms with van der Waals surface area (Å²) in [6, 6.07) is 3.15. The third-order valence-electron chi connectivity index (χ3n) is 2.50. The maximum atomic E-state index is 12.1. The lowest BCUT2D eigenvalue weighted by molar-refractivity contribution is 0.102. The van der Waals surface area contributed by atoms with Gasteiger partial charge < -0.3 is 15.4 Å². The third-order valence-corrected chi connectivity index (χ3v) is 2.50. The van der Waals surface area contributed by atoms with E-state index in [1.807, 2.05) is 0 Å². The smallest absolute Gasteiger partial charge is 0.407 e. The molecule has 8 heteroatoms. The highest BCUT2D eigenvalue weighted by molar-refractivity contribution is 6.04. The number of aromatic nitrogens is 3. The molecule has 2 aromatic rings. The van der Waals surface area contributed by atoms with Crippen molar-refractivity contribution in [1.82, 2.24) is 20.3 Å². The molecule has 0 bridgehead atoms. The van der Waals surface area contributed by atoms with Crippen LogP contribution in [0.15, 0.2) is 37.1 Å². The van der Waals surface area contributed by atoms with Gasteiger partial charge in [0.25, 0.3) is 5.91 Å². The van der Waals surface area contributed by atoms with Gasteiger partial charge in [-0.1, -0.05) is 0 Å². The van der Waals surface area contributed by atoms with Crippen molar-refractivity contribution in [3.63, 3.8) is 0 Å². The van der Waals surface area contributed by atoms with Crippen LogP contribution >= 0.6 is 0 Å². The Morgan fingerprint density at radius 2 is 2.05 bits per heavy atom. The molecule has 0 unspecified atom stereocenters. The molecule has 0 saturated carbocycles.